The van der Waals surface area contributed by atoms with Crippen LogP contribution in [-0.4, -0.2) is 19.6 Å². The van der Waals surface area contributed by atoms with Crippen molar-refractivity contribution in [3.8, 4) is 0 Å². The van der Waals surface area contributed by atoms with Crippen molar-refractivity contribution in [1.29, 1.82) is 0 Å². The summed E-state index contributed by atoms with van der Waals surface area (Å²) in [4.78, 5) is 3.74. The topological polar surface area (TPSA) is 50.4 Å². The van der Waals surface area contributed by atoms with Crippen molar-refractivity contribution in [3.63, 3.8) is 0 Å². The van der Waals surface area contributed by atoms with Crippen molar-refractivity contribution < 1.29 is 0 Å². The van der Waals surface area contributed by atoms with Crippen molar-refractivity contribution in [2.75, 3.05) is 13.6 Å². The highest BCUT2D eigenvalue weighted by Gasteiger charge is 1.84. The number of nitrogens with two attached hydrogens (primary N) is 1. The minimum atomic E-state index is 0.531. The molecular weight excluding hydrogens is 150 g/mol. The zero-order valence-electron chi connectivity index (χ0n) is 8.85. The molecule has 0 aromatic heterocycles. The standard InChI is InChI=1S/C6H15N3.C3H8/c1-3-4-5-9-6(7)8-2;1-3-2/h3-5H2,1-2H3,(H3,7,8,9);3H2,1-2H3. The lowest BCUT2D eigenvalue weighted by atomic mass is 10.3. The number of nitrogens with zero attached hydrogens (tertiary/aromatic N) is 1. The van der Waals surface area contributed by atoms with E-state index in [1.165, 1.54) is 12.8 Å². The first-order chi connectivity index (χ1) is 5.72. The Morgan fingerprint density at radius 3 is 2.17 bits per heavy atom. The lowest BCUT2D eigenvalue weighted by Crippen LogP contribution is -2.31. The molecule has 3 N–H and O–H groups in total. The predicted octanol–water partition coefficient (Wildman–Crippen LogP) is 1.74. The van der Waals surface area contributed by atoms with E-state index in [1.54, 1.807) is 7.05 Å². The van der Waals surface area contributed by atoms with E-state index in [1.807, 2.05) is 0 Å². The number of aliphatic imine (C=N–C) groups is 1. The van der Waals surface area contributed by atoms with Crippen LogP contribution in [-0.2, 0) is 0 Å². The van der Waals surface area contributed by atoms with Crippen LogP contribution in [0.4, 0.5) is 0 Å². The van der Waals surface area contributed by atoms with E-state index in [9.17, 15) is 0 Å². The van der Waals surface area contributed by atoms with Gasteiger partial charge in [0.25, 0.3) is 0 Å². The smallest absolute Gasteiger partial charge is 0.188 e. The highest BCUT2D eigenvalue weighted by molar-refractivity contribution is 5.77. The maximum atomic E-state index is 5.35. The second-order valence-corrected chi connectivity index (χ2v) is 2.60. The summed E-state index contributed by atoms with van der Waals surface area (Å²) in [5.74, 6) is 0.531. The van der Waals surface area contributed by atoms with E-state index in [2.05, 4.69) is 31.1 Å². The molecule has 0 rings (SSSR count). The molecule has 12 heavy (non-hydrogen) atoms. The van der Waals surface area contributed by atoms with Gasteiger partial charge in [0.15, 0.2) is 5.96 Å². The predicted molar refractivity (Wildman–Crippen MR) is 56.4 cm³/mol. The summed E-state index contributed by atoms with van der Waals surface area (Å²) in [5, 5.41) is 2.96. The molecule has 0 aliphatic carbocycles. The van der Waals surface area contributed by atoms with Crippen molar-refractivity contribution in [2.24, 2.45) is 10.7 Å². The van der Waals surface area contributed by atoms with Gasteiger partial charge in [0.2, 0.25) is 0 Å². The van der Waals surface area contributed by atoms with E-state index >= 15 is 0 Å². The largest absolute Gasteiger partial charge is 0.370 e. The van der Waals surface area contributed by atoms with E-state index < -0.39 is 0 Å². The molecule has 0 aliphatic heterocycles. The van der Waals surface area contributed by atoms with Crippen molar-refractivity contribution in [2.45, 2.75) is 40.0 Å². The summed E-state index contributed by atoms with van der Waals surface area (Å²) >= 11 is 0. The van der Waals surface area contributed by atoms with Gasteiger partial charge in [0, 0.05) is 13.6 Å². The molecule has 0 unspecified atom stereocenters. The summed E-state index contributed by atoms with van der Waals surface area (Å²) in [6, 6.07) is 0. The third-order valence-corrected chi connectivity index (χ3v) is 1.08. The van der Waals surface area contributed by atoms with Crippen LogP contribution in [0.2, 0.25) is 0 Å². The third-order valence-electron chi connectivity index (χ3n) is 1.08. The first-order valence-electron chi connectivity index (χ1n) is 4.68. The van der Waals surface area contributed by atoms with E-state index in [4.69, 9.17) is 5.73 Å². The van der Waals surface area contributed by atoms with Gasteiger partial charge in [-0.3, -0.25) is 4.99 Å². The SMILES string of the molecule is CCC.CCCCNC(N)=NC. The first-order valence-corrected chi connectivity index (χ1v) is 4.68. The fraction of sp³-hybridized carbons (Fsp3) is 0.889. The minimum Gasteiger partial charge on any atom is -0.370 e. The van der Waals surface area contributed by atoms with Gasteiger partial charge in [-0.15, -0.1) is 0 Å². The van der Waals surface area contributed by atoms with Gasteiger partial charge < -0.3 is 11.1 Å². The van der Waals surface area contributed by atoms with Crippen LogP contribution in [0, 0.1) is 0 Å². The average Bonchev–Trinajstić information content (AvgIpc) is 2.06. The van der Waals surface area contributed by atoms with Crippen LogP contribution in [0.3, 0.4) is 0 Å². The Morgan fingerprint density at radius 1 is 1.33 bits per heavy atom. The van der Waals surface area contributed by atoms with Gasteiger partial charge in [0.1, 0.15) is 0 Å². The molecule has 0 aromatic carbocycles. The first kappa shape index (κ1) is 13.8. The van der Waals surface area contributed by atoms with Crippen LogP contribution in [0.5, 0.6) is 0 Å². The number of nitrogens with one attached hydrogen (secondary N) is 1. The van der Waals surface area contributed by atoms with Gasteiger partial charge in [0.05, 0.1) is 0 Å². The van der Waals surface area contributed by atoms with Gasteiger partial charge >= 0.3 is 0 Å². The highest BCUT2D eigenvalue weighted by Crippen LogP contribution is 1.80. The van der Waals surface area contributed by atoms with Crippen LogP contribution in [0.25, 0.3) is 0 Å². The maximum Gasteiger partial charge on any atom is 0.188 e. The van der Waals surface area contributed by atoms with Crippen LogP contribution < -0.4 is 11.1 Å². The molecule has 0 spiro atoms. The molecule has 0 aliphatic rings. The number of hydrogen-bond acceptors (Lipinski definition) is 1. The second-order valence-electron chi connectivity index (χ2n) is 2.60. The summed E-state index contributed by atoms with van der Waals surface area (Å²) < 4.78 is 0. The normalized spacial score (nSPS) is 10.2. The Balaban J connectivity index is 0. The lowest BCUT2D eigenvalue weighted by molar-refractivity contribution is 0.750. The Bertz CT molecular complexity index is 99.9. The highest BCUT2D eigenvalue weighted by atomic mass is 15.1. The van der Waals surface area contributed by atoms with Crippen molar-refractivity contribution in [1.82, 2.24) is 5.32 Å². The summed E-state index contributed by atoms with van der Waals surface area (Å²) in [5.41, 5.74) is 5.35. The fourth-order valence-electron chi connectivity index (χ4n) is 0.472. The number of unbranched alkanes of at least 4 members (excludes halogenated alkanes) is 1. The zero-order valence-corrected chi connectivity index (χ0v) is 8.85. The Kier molecular flexibility index (Phi) is 14.9. The maximum absolute atomic E-state index is 5.35. The van der Waals surface area contributed by atoms with Crippen LogP contribution >= 0.6 is 0 Å². The van der Waals surface area contributed by atoms with Gasteiger partial charge in [-0.05, 0) is 6.42 Å². The van der Waals surface area contributed by atoms with Crippen molar-refractivity contribution >= 4 is 5.96 Å². The molecule has 74 valence electrons. The average molecular weight is 173 g/mol. The minimum absolute atomic E-state index is 0.531. The van der Waals surface area contributed by atoms with Gasteiger partial charge in [-0.2, -0.15) is 0 Å². The third kappa shape index (κ3) is 16.1. The quantitative estimate of drug-likeness (QED) is 0.388. The van der Waals surface area contributed by atoms with E-state index in [0.29, 0.717) is 5.96 Å². The number of guanidine groups is 1. The summed E-state index contributed by atoms with van der Waals surface area (Å²) in [6.07, 6.45) is 3.58. The molecule has 0 radical (unpaired) electrons. The summed E-state index contributed by atoms with van der Waals surface area (Å²) in [7, 11) is 1.67. The molecule has 0 fully saturated rings. The Morgan fingerprint density at radius 2 is 1.83 bits per heavy atom. The Hall–Kier alpha value is -0.730. The molecule has 3 nitrogen and oxygen atoms in total. The zero-order chi connectivity index (χ0) is 9.82. The van der Waals surface area contributed by atoms with E-state index in [0.717, 1.165) is 13.0 Å². The van der Waals surface area contributed by atoms with Crippen LogP contribution in [0.15, 0.2) is 4.99 Å². The number of hydrogen-bond donors (Lipinski definition) is 2. The molecule has 0 heterocycles. The monoisotopic (exact) mass is 173 g/mol. The molecule has 0 amide bonds. The molecule has 0 saturated carbocycles. The summed E-state index contributed by atoms with van der Waals surface area (Å²) in [6.45, 7) is 7.32. The fourth-order valence-corrected chi connectivity index (χ4v) is 0.472. The molecule has 0 bridgehead atoms. The second kappa shape index (κ2) is 12.9. The molecule has 0 aromatic rings. The van der Waals surface area contributed by atoms with E-state index in [-0.39, 0.29) is 0 Å². The lowest BCUT2D eigenvalue weighted by Gasteiger charge is -2.01. The number of rotatable bonds is 3. The Labute approximate surface area is 76.4 Å². The van der Waals surface area contributed by atoms with Gasteiger partial charge in [-0.25, -0.2) is 0 Å². The molecule has 3 heteroatoms. The molecule has 0 atom stereocenters. The van der Waals surface area contributed by atoms with Crippen molar-refractivity contribution in [3.05, 3.63) is 0 Å². The molecule has 0 saturated heterocycles. The van der Waals surface area contributed by atoms with Crippen LogP contribution in [0.1, 0.15) is 40.0 Å². The van der Waals surface area contributed by atoms with Gasteiger partial charge in [-0.1, -0.05) is 33.6 Å². The molecular formula is C9H23N3.